The molecule has 1 N–H and O–H groups in total. The van der Waals surface area contributed by atoms with Crippen LogP contribution in [0.25, 0.3) is 0 Å². The summed E-state index contributed by atoms with van der Waals surface area (Å²) in [5, 5.41) is 17.3. The van der Waals surface area contributed by atoms with Crippen LogP contribution in [-0.2, 0) is 11.3 Å². The van der Waals surface area contributed by atoms with Gasteiger partial charge >= 0.3 is 5.82 Å². The van der Waals surface area contributed by atoms with Gasteiger partial charge in [-0.05, 0) is 24.7 Å². The number of nitro groups is 1. The fourth-order valence-electron chi connectivity index (χ4n) is 1.43. The summed E-state index contributed by atoms with van der Waals surface area (Å²) in [6.07, 6.45) is 1.98. The Morgan fingerprint density at radius 1 is 1.75 bits per heavy atom. The van der Waals surface area contributed by atoms with E-state index in [0.717, 1.165) is 17.5 Å². The Morgan fingerprint density at radius 3 is 3.00 bits per heavy atom. The maximum absolute atomic E-state index is 11.5. The first-order chi connectivity index (χ1) is 7.56. The van der Waals surface area contributed by atoms with E-state index in [0.29, 0.717) is 5.69 Å². The molecule has 1 aliphatic carbocycles. The summed E-state index contributed by atoms with van der Waals surface area (Å²) in [7, 11) is 0. The van der Waals surface area contributed by atoms with E-state index in [1.807, 2.05) is 0 Å². The molecule has 1 amide bonds. The first kappa shape index (κ1) is 10.6. The number of aromatic nitrogens is 2. The van der Waals surface area contributed by atoms with Crippen molar-refractivity contribution in [1.82, 2.24) is 15.1 Å². The third kappa shape index (κ3) is 2.36. The molecule has 16 heavy (non-hydrogen) atoms. The van der Waals surface area contributed by atoms with Gasteiger partial charge in [0.05, 0.1) is 11.8 Å². The highest BCUT2D eigenvalue weighted by molar-refractivity contribution is 5.76. The SMILES string of the molecule is Cc1cc([N+](=O)[O-])n(CC(=O)NC2CC2)n1. The van der Waals surface area contributed by atoms with Crippen LogP contribution in [0.2, 0.25) is 0 Å². The van der Waals surface area contributed by atoms with Crippen molar-refractivity contribution in [2.75, 3.05) is 0 Å². The van der Waals surface area contributed by atoms with E-state index >= 15 is 0 Å². The van der Waals surface area contributed by atoms with Crippen LogP contribution in [0.15, 0.2) is 6.07 Å². The van der Waals surface area contributed by atoms with Gasteiger partial charge in [-0.25, -0.2) is 0 Å². The zero-order valence-corrected chi connectivity index (χ0v) is 8.84. The number of aryl methyl sites for hydroxylation is 1. The van der Waals surface area contributed by atoms with Gasteiger partial charge < -0.3 is 15.4 Å². The Morgan fingerprint density at radius 2 is 2.44 bits per heavy atom. The van der Waals surface area contributed by atoms with Crippen molar-refractivity contribution >= 4 is 11.7 Å². The van der Waals surface area contributed by atoms with E-state index in [1.165, 1.54) is 6.07 Å². The maximum Gasteiger partial charge on any atom is 0.345 e. The van der Waals surface area contributed by atoms with Gasteiger partial charge in [0.2, 0.25) is 0 Å². The Bertz CT molecular complexity index is 436. The summed E-state index contributed by atoms with van der Waals surface area (Å²) >= 11 is 0. The van der Waals surface area contributed by atoms with Crippen molar-refractivity contribution in [2.24, 2.45) is 0 Å². The molecule has 0 spiro atoms. The molecule has 0 bridgehead atoms. The molecule has 1 saturated carbocycles. The standard InChI is InChI=1S/C9H12N4O3/c1-6-4-9(13(15)16)12(11-6)5-8(14)10-7-2-3-7/h4,7H,2-3,5H2,1H3,(H,10,14). The topological polar surface area (TPSA) is 90.1 Å². The quantitative estimate of drug-likeness (QED) is 0.591. The number of rotatable bonds is 4. The first-order valence-corrected chi connectivity index (χ1v) is 5.04. The summed E-state index contributed by atoms with van der Waals surface area (Å²) < 4.78 is 1.12. The molecule has 1 aliphatic rings. The van der Waals surface area contributed by atoms with E-state index in [1.54, 1.807) is 6.92 Å². The molecule has 0 aromatic carbocycles. The van der Waals surface area contributed by atoms with Crippen LogP contribution in [0.1, 0.15) is 18.5 Å². The zero-order chi connectivity index (χ0) is 11.7. The van der Waals surface area contributed by atoms with Crippen LogP contribution >= 0.6 is 0 Å². The summed E-state index contributed by atoms with van der Waals surface area (Å²) in [5.41, 5.74) is 0.533. The van der Waals surface area contributed by atoms with Gasteiger partial charge in [-0.15, -0.1) is 4.68 Å². The highest BCUT2D eigenvalue weighted by Crippen LogP contribution is 2.19. The van der Waals surface area contributed by atoms with Crippen LogP contribution in [0.4, 0.5) is 5.82 Å². The van der Waals surface area contributed by atoms with Gasteiger partial charge in [0, 0.05) is 6.04 Å². The third-order valence-corrected chi connectivity index (χ3v) is 2.30. The van der Waals surface area contributed by atoms with E-state index in [4.69, 9.17) is 0 Å². The van der Waals surface area contributed by atoms with Crippen molar-refractivity contribution < 1.29 is 9.72 Å². The maximum atomic E-state index is 11.5. The van der Waals surface area contributed by atoms with Gasteiger partial charge in [-0.2, -0.15) is 0 Å². The average molecular weight is 224 g/mol. The van der Waals surface area contributed by atoms with Crippen molar-refractivity contribution in [3.8, 4) is 0 Å². The molecule has 0 unspecified atom stereocenters. The summed E-state index contributed by atoms with van der Waals surface area (Å²) in [5.74, 6) is -0.378. The summed E-state index contributed by atoms with van der Waals surface area (Å²) in [6.45, 7) is 1.56. The second-order valence-corrected chi connectivity index (χ2v) is 3.90. The van der Waals surface area contributed by atoms with Crippen molar-refractivity contribution in [2.45, 2.75) is 32.4 Å². The van der Waals surface area contributed by atoms with Crippen LogP contribution in [-0.4, -0.2) is 26.7 Å². The minimum absolute atomic E-state index is 0.0966. The highest BCUT2D eigenvalue weighted by Gasteiger charge is 2.26. The molecule has 7 nitrogen and oxygen atoms in total. The lowest BCUT2D eigenvalue weighted by Gasteiger charge is -2.01. The van der Waals surface area contributed by atoms with Crippen LogP contribution < -0.4 is 5.32 Å². The number of amides is 1. The minimum Gasteiger partial charge on any atom is -0.358 e. The van der Waals surface area contributed by atoms with Crippen LogP contribution in [0.3, 0.4) is 0 Å². The third-order valence-electron chi connectivity index (χ3n) is 2.30. The summed E-state index contributed by atoms with van der Waals surface area (Å²) in [4.78, 5) is 21.6. The largest absolute Gasteiger partial charge is 0.358 e. The second-order valence-electron chi connectivity index (χ2n) is 3.90. The van der Waals surface area contributed by atoms with Crippen LogP contribution in [0.5, 0.6) is 0 Å². The Balaban J connectivity index is 2.06. The Hall–Kier alpha value is -1.92. The monoisotopic (exact) mass is 224 g/mol. The number of carbonyl (C=O) groups excluding carboxylic acids is 1. The van der Waals surface area contributed by atoms with Gasteiger partial charge in [0.15, 0.2) is 6.54 Å². The molecule has 1 aromatic rings. The molecule has 0 aliphatic heterocycles. The molecule has 0 radical (unpaired) electrons. The molecule has 0 atom stereocenters. The van der Waals surface area contributed by atoms with E-state index in [-0.39, 0.29) is 24.3 Å². The predicted molar refractivity (Wildman–Crippen MR) is 54.8 cm³/mol. The van der Waals surface area contributed by atoms with E-state index < -0.39 is 4.92 Å². The fourth-order valence-corrected chi connectivity index (χ4v) is 1.43. The molecule has 7 heteroatoms. The van der Waals surface area contributed by atoms with Crippen molar-refractivity contribution in [1.29, 1.82) is 0 Å². The number of nitrogens with zero attached hydrogens (tertiary/aromatic N) is 3. The number of carbonyl (C=O) groups is 1. The van der Waals surface area contributed by atoms with Crippen LogP contribution in [0, 0.1) is 17.0 Å². The van der Waals surface area contributed by atoms with E-state index in [9.17, 15) is 14.9 Å². The van der Waals surface area contributed by atoms with Gasteiger partial charge in [0.1, 0.15) is 0 Å². The molecule has 1 fully saturated rings. The highest BCUT2D eigenvalue weighted by atomic mass is 16.6. The normalized spacial score (nSPS) is 14.8. The van der Waals surface area contributed by atoms with Crippen molar-refractivity contribution in [3.05, 3.63) is 21.9 Å². The zero-order valence-electron chi connectivity index (χ0n) is 8.84. The molecular formula is C9H12N4O3. The summed E-state index contributed by atoms with van der Waals surface area (Å²) in [6, 6.07) is 1.60. The second kappa shape index (κ2) is 3.92. The fraction of sp³-hybridized carbons (Fsp3) is 0.556. The molecular weight excluding hydrogens is 212 g/mol. The molecule has 1 aromatic heterocycles. The van der Waals surface area contributed by atoms with Gasteiger partial charge in [0.25, 0.3) is 5.91 Å². The Labute approximate surface area is 91.6 Å². The lowest BCUT2D eigenvalue weighted by atomic mass is 10.5. The minimum atomic E-state index is -0.537. The molecule has 0 saturated heterocycles. The van der Waals surface area contributed by atoms with Crippen molar-refractivity contribution in [3.63, 3.8) is 0 Å². The number of hydrogen-bond acceptors (Lipinski definition) is 4. The van der Waals surface area contributed by atoms with E-state index in [2.05, 4.69) is 10.4 Å². The lowest BCUT2D eigenvalue weighted by molar-refractivity contribution is -0.392. The number of nitrogens with one attached hydrogen (secondary N) is 1. The average Bonchev–Trinajstić information content (AvgIpc) is 2.89. The van der Waals surface area contributed by atoms with Gasteiger partial charge in [-0.1, -0.05) is 5.10 Å². The Kier molecular flexibility index (Phi) is 2.59. The molecule has 1 heterocycles. The smallest absolute Gasteiger partial charge is 0.345 e. The predicted octanol–water partition coefficient (Wildman–Crippen LogP) is 0.378. The first-order valence-electron chi connectivity index (χ1n) is 5.04. The molecule has 86 valence electrons. The molecule has 2 rings (SSSR count). The van der Waals surface area contributed by atoms with Gasteiger partial charge in [-0.3, -0.25) is 4.79 Å². The lowest BCUT2D eigenvalue weighted by Crippen LogP contribution is -2.30. The number of hydrogen-bond donors (Lipinski definition) is 1.